The first-order chi connectivity index (χ1) is 14.7. The average Bonchev–Trinajstić information content (AvgIpc) is 3.19. The second-order valence-corrected chi connectivity index (χ2v) is 8.43. The summed E-state index contributed by atoms with van der Waals surface area (Å²) in [6, 6.07) is 6.20. The summed E-state index contributed by atoms with van der Waals surface area (Å²) in [6.07, 6.45) is 1.37. The maximum Gasteiger partial charge on any atom is 0.407 e. The maximum atomic E-state index is 11.7. The van der Waals surface area contributed by atoms with Gasteiger partial charge in [0.2, 0.25) is 0 Å². The highest BCUT2D eigenvalue weighted by Gasteiger charge is 2.24. The number of amides is 1. The molecule has 0 aromatic heterocycles. The van der Waals surface area contributed by atoms with E-state index in [-0.39, 0.29) is 6.04 Å². The predicted molar refractivity (Wildman–Crippen MR) is 124 cm³/mol. The smallest absolute Gasteiger partial charge is 0.407 e. The molecule has 3 N–H and O–H groups in total. The highest BCUT2D eigenvalue weighted by Crippen LogP contribution is 2.30. The Kier molecular flexibility index (Phi) is 9.08. The third-order valence-corrected chi connectivity index (χ3v) is 4.77. The van der Waals surface area contributed by atoms with Crippen molar-refractivity contribution in [3.8, 4) is 11.5 Å². The summed E-state index contributed by atoms with van der Waals surface area (Å²) in [5, 5.41) is 9.53. The van der Waals surface area contributed by atoms with Gasteiger partial charge in [-0.25, -0.2) is 4.79 Å². The molecule has 1 aromatic carbocycles. The number of aliphatic imine (C=N–C) groups is 1. The number of ether oxygens (including phenoxy) is 3. The van der Waals surface area contributed by atoms with E-state index in [4.69, 9.17) is 14.2 Å². The van der Waals surface area contributed by atoms with E-state index in [1.165, 1.54) is 0 Å². The lowest BCUT2D eigenvalue weighted by Crippen LogP contribution is -2.45. The van der Waals surface area contributed by atoms with Gasteiger partial charge >= 0.3 is 6.09 Å². The van der Waals surface area contributed by atoms with Crippen LogP contribution in [0.5, 0.6) is 11.5 Å². The molecule has 9 nitrogen and oxygen atoms in total. The quantitative estimate of drug-likeness (QED) is 0.328. The van der Waals surface area contributed by atoms with Gasteiger partial charge in [0.05, 0.1) is 14.2 Å². The Labute approximate surface area is 185 Å². The van der Waals surface area contributed by atoms with Gasteiger partial charge in [-0.2, -0.15) is 0 Å². The molecular weight excluding hydrogens is 398 g/mol. The number of nitrogens with zero attached hydrogens (tertiary/aromatic N) is 2. The molecule has 0 aliphatic carbocycles. The van der Waals surface area contributed by atoms with Gasteiger partial charge in [-0.15, -0.1) is 0 Å². The van der Waals surface area contributed by atoms with Gasteiger partial charge in [-0.3, -0.25) is 4.99 Å². The van der Waals surface area contributed by atoms with E-state index < -0.39 is 11.7 Å². The van der Waals surface area contributed by atoms with E-state index in [9.17, 15) is 4.79 Å². The Morgan fingerprint density at radius 1 is 1.13 bits per heavy atom. The van der Waals surface area contributed by atoms with Crippen molar-refractivity contribution in [3.63, 3.8) is 0 Å². The van der Waals surface area contributed by atoms with Crippen LogP contribution >= 0.6 is 0 Å². The van der Waals surface area contributed by atoms with Crippen LogP contribution in [0.2, 0.25) is 0 Å². The fraction of sp³-hybridized carbons (Fsp3) is 0.636. The van der Waals surface area contributed by atoms with Crippen molar-refractivity contribution in [2.75, 3.05) is 52.3 Å². The van der Waals surface area contributed by atoms with E-state index in [1.54, 1.807) is 21.3 Å². The molecule has 1 atom stereocenters. The van der Waals surface area contributed by atoms with Crippen molar-refractivity contribution >= 4 is 17.7 Å². The zero-order valence-corrected chi connectivity index (χ0v) is 19.6. The Morgan fingerprint density at radius 2 is 1.77 bits per heavy atom. The number of alkyl carbamates (subject to hydrolysis) is 1. The average molecular weight is 436 g/mol. The van der Waals surface area contributed by atoms with Gasteiger partial charge in [0, 0.05) is 63.2 Å². The molecule has 1 aliphatic heterocycles. The molecular formula is C22H37N5O4. The summed E-state index contributed by atoms with van der Waals surface area (Å²) in [6.45, 7) is 8.56. The van der Waals surface area contributed by atoms with Crippen LogP contribution in [0.1, 0.15) is 33.6 Å². The maximum absolute atomic E-state index is 11.7. The summed E-state index contributed by atoms with van der Waals surface area (Å²) in [5.41, 5.74) is 0.594. The monoisotopic (exact) mass is 435 g/mol. The molecule has 1 amide bonds. The minimum Gasteiger partial charge on any atom is -0.497 e. The number of guanidine groups is 1. The van der Waals surface area contributed by atoms with E-state index in [0.29, 0.717) is 13.1 Å². The lowest BCUT2D eigenvalue weighted by molar-refractivity contribution is 0.0527. The number of anilines is 1. The highest BCUT2D eigenvalue weighted by atomic mass is 16.6. The lowest BCUT2D eigenvalue weighted by Gasteiger charge is -2.21. The first-order valence-electron chi connectivity index (χ1n) is 10.7. The van der Waals surface area contributed by atoms with Crippen LogP contribution in [0.3, 0.4) is 0 Å². The van der Waals surface area contributed by atoms with Crippen molar-refractivity contribution in [3.05, 3.63) is 18.2 Å². The van der Waals surface area contributed by atoms with E-state index >= 15 is 0 Å². The van der Waals surface area contributed by atoms with Crippen molar-refractivity contribution < 1.29 is 19.0 Å². The van der Waals surface area contributed by atoms with Crippen LogP contribution in [-0.4, -0.2) is 71.1 Å². The first kappa shape index (κ1) is 24.4. The summed E-state index contributed by atoms with van der Waals surface area (Å²) in [5.74, 6) is 2.32. The molecule has 9 heteroatoms. The number of nitrogens with one attached hydrogen (secondary N) is 3. The van der Waals surface area contributed by atoms with Gasteiger partial charge in [0.25, 0.3) is 0 Å². The number of hydrogen-bond donors (Lipinski definition) is 3. The Bertz CT molecular complexity index is 726. The van der Waals surface area contributed by atoms with E-state index in [0.717, 1.165) is 49.1 Å². The van der Waals surface area contributed by atoms with Crippen LogP contribution in [0, 0.1) is 0 Å². The molecule has 1 fully saturated rings. The summed E-state index contributed by atoms with van der Waals surface area (Å²) in [7, 11) is 5.07. The largest absolute Gasteiger partial charge is 0.497 e. The zero-order chi connectivity index (χ0) is 22.9. The fourth-order valence-corrected chi connectivity index (χ4v) is 3.28. The van der Waals surface area contributed by atoms with Crippen LogP contribution in [-0.2, 0) is 4.74 Å². The standard InChI is InChI=1S/C22H37N5O4/c1-22(2,3)31-21(28)25-10-7-9-24-20(23-4)26-16-8-11-27(15-16)17-12-18(29-5)14-19(13-17)30-6/h12-14,16H,7-11,15H2,1-6H3,(H,25,28)(H2,23,24,26). The predicted octanol–water partition coefficient (Wildman–Crippen LogP) is 2.36. The molecule has 1 heterocycles. The number of carbonyl (C=O) groups excluding carboxylic acids is 1. The molecule has 1 unspecified atom stereocenters. The molecule has 1 aromatic rings. The van der Waals surface area contributed by atoms with Gasteiger partial charge in [0.1, 0.15) is 17.1 Å². The minimum atomic E-state index is -0.487. The topological polar surface area (TPSA) is 96.5 Å². The molecule has 1 aliphatic rings. The fourth-order valence-electron chi connectivity index (χ4n) is 3.28. The Morgan fingerprint density at radius 3 is 2.35 bits per heavy atom. The molecule has 31 heavy (non-hydrogen) atoms. The third-order valence-electron chi connectivity index (χ3n) is 4.77. The number of methoxy groups -OCH3 is 2. The number of carbonyl (C=O) groups is 1. The molecule has 0 radical (unpaired) electrons. The molecule has 2 rings (SSSR count). The van der Waals surface area contributed by atoms with Gasteiger partial charge < -0.3 is 35.1 Å². The zero-order valence-electron chi connectivity index (χ0n) is 19.6. The number of benzene rings is 1. The minimum absolute atomic E-state index is 0.281. The van der Waals surface area contributed by atoms with Crippen LogP contribution < -0.4 is 30.3 Å². The number of rotatable bonds is 8. The Hall–Kier alpha value is -2.84. The first-order valence-corrected chi connectivity index (χ1v) is 10.7. The van der Waals surface area contributed by atoms with Gasteiger partial charge in [0.15, 0.2) is 5.96 Å². The normalized spacial score (nSPS) is 16.6. The summed E-state index contributed by atoms with van der Waals surface area (Å²) in [4.78, 5) is 18.3. The Balaban J connectivity index is 1.74. The summed E-state index contributed by atoms with van der Waals surface area (Å²) < 4.78 is 16.0. The van der Waals surface area contributed by atoms with Crippen molar-refractivity contribution in [1.82, 2.24) is 16.0 Å². The SMILES string of the molecule is CN=C(NCCCNC(=O)OC(C)(C)C)NC1CCN(c2cc(OC)cc(OC)c2)C1. The van der Waals surface area contributed by atoms with E-state index in [1.807, 2.05) is 39.0 Å². The molecule has 0 saturated carbocycles. The molecule has 1 saturated heterocycles. The highest BCUT2D eigenvalue weighted by molar-refractivity contribution is 5.80. The van der Waals surface area contributed by atoms with Gasteiger partial charge in [-0.1, -0.05) is 0 Å². The molecule has 174 valence electrons. The van der Waals surface area contributed by atoms with Crippen molar-refractivity contribution in [2.45, 2.75) is 45.3 Å². The van der Waals surface area contributed by atoms with Crippen LogP contribution in [0.15, 0.2) is 23.2 Å². The van der Waals surface area contributed by atoms with Crippen molar-refractivity contribution in [2.24, 2.45) is 4.99 Å². The van der Waals surface area contributed by atoms with E-state index in [2.05, 4.69) is 25.8 Å². The van der Waals surface area contributed by atoms with Crippen molar-refractivity contribution in [1.29, 1.82) is 0 Å². The lowest BCUT2D eigenvalue weighted by atomic mass is 10.2. The van der Waals surface area contributed by atoms with Crippen LogP contribution in [0.25, 0.3) is 0 Å². The second kappa shape index (κ2) is 11.5. The van der Waals surface area contributed by atoms with Gasteiger partial charge in [-0.05, 0) is 33.6 Å². The molecule has 0 bridgehead atoms. The second-order valence-electron chi connectivity index (χ2n) is 8.43. The third kappa shape index (κ3) is 8.43. The number of hydrogen-bond acceptors (Lipinski definition) is 6. The summed E-state index contributed by atoms with van der Waals surface area (Å²) >= 11 is 0. The van der Waals surface area contributed by atoms with Crippen LogP contribution in [0.4, 0.5) is 10.5 Å². The molecule has 0 spiro atoms.